The topological polar surface area (TPSA) is 12.0 Å². The Morgan fingerprint density at radius 2 is 1.80 bits per heavy atom. The van der Waals surface area contributed by atoms with Crippen LogP contribution in [0.25, 0.3) is 0 Å². The average Bonchev–Trinajstić information content (AvgIpc) is 2.95. The van der Waals surface area contributed by atoms with E-state index in [1.54, 1.807) is 0 Å². The monoisotopic (exact) mass is 287 g/mol. The molecule has 2 unspecified atom stereocenters. The number of hydrogen-bond donors (Lipinski definition) is 1. The van der Waals surface area contributed by atoms with Crippen LogP contribution in [0, 0.1) is 0 Å². The molecule has 2 aromatic rings. The van der Waals surface area contributed by atoms with Crippen molar-refractivity contribution in [3.63, 3.8) is 0 Å². The second kappa shape index (κ2) is 7.61. The third-order valence-electron chi connectivity index (χ3n) is 3.70. The van der Waals surface area contributed by atoms with E-state index in [9.17, 15) is 0 Å². The molecule has 0 aliphatic heterocycles. The van der Waals surface area contributed by atoms with Gasteiger partial charge in [-0.2, -0.15) is 0 Å². The molecule has 2 rings (SSSR count). The zero-order chi connectivity index (χ0) is 14.4. The molecule has 2 atom stereocenters. The number of rotatable bonds is 7. The van der Waals surface area contributed by atoms with E-state index in [0.29, 0.717) is 12.1 Å². The summed E-state index contributed by atoms with van der Waals surface area (Å²) in [4.78, 5) is 2.93. The fraction of sp³-hybridized carbons (Fsp3) is 0.444. The third-order valence-corrected chi connectivity index (χ3v) is 5.11. The normalized spacial score (nSPS) is 14.2. The van der Waals surface area contributed by atoms with Gasteiger partial charge in [0.25, 0.3) is 0 Å². The van der Waals surface area contributed by atoms with Crippen LogP contribution in [0.2, 0.25) is 0 Å². The van der Waals surface area contributed by atoms with Crippen molar-refractivity contribution in [2.45, 2.75) is 52.1 Å². The van der Waals surface area contributed by atoms with E-state index in [4.69, 9.17) is 0 Å². The van der Waals surface area contributed by atoms with Crippen molar-refractivity contribution < 1.29 is 0 Å². The molecular weight excluding hydrogens is 262 g/mol. The first-order valence-electron chi connectivity index (χ1n) is 7.57. The maximum absolute atomic E-state index is 3.71. The molecule has 1 nitrogen and oxygen atoms in total. The van der Waals surface area contributed by atoms with E-state index >= 15 is 0 Å². The smallest absolute Gasteiger partial charge is 0.0388 e. The van der Waals surface area contributed by atoms with Gasteiger partial charge in [0, 0.05) is 21.8 Å². The van der Waals surface area contributed by atoms with Crippen LogP contribution in [0.3, 0.4) is 0 Å². The summed E-state index contributed by atoms with van der Waals surface area (Å²) in [7, 11) is 0. The molecule has 1 N–H and O–H groups in total. The minimum atomic E-state index is 0.450. The summed E-state index contributed by atoms with van der Waals surface area (Å²) in [6, 6.07) is 16.3. The van der Waals surface area contributed by atoms with Gasteiger partial charge in [-0.05, 0) is 50.8 Å². The van der Waals surface area contributed by atoms with Crippen molar-refractivity contribution in [3.8, 4) is 0 Å². The fourth-order valence-corrected chi connectivity index (χ4v) is 3.40. The van der Waals surface area contributed by atoms with Gasteiger partial charge in [-0.15, -0.1) is 11.3 Å². The predicted octanol–water partition coefficient (Wildman–Crippen LogP) is 4.98. The van der Waals surface area contributed by atoms with Crippen LogP contribution < -0.4 is 5.32 Å². The molecule has 0 amide bonds. The highest BCUT2D eigenvalue weighted by molar-refractivity contribution is 7.12. The van der Waals surface area contributed by atoms with E-state index in [2.05, 4.69) is 68.6 Å². The molecule has 0 spiro atoms. The van der Waals surface area contributed by atoms with Crippen LogP contribution in [0.5, 0.6) is 0 Å². The lowest BCUT2D eigenvalue weighted by Crippen LogP contribution is -2.28. The maximum Gasteiger partial charge on any atom is 0.0388 e. The lowest BCUT2D eigenvalue weighted by molar-refractivity contribution is 0.460. The average molecular weight is 287 g/mol. The highest BCUT2D eigenvalue weighted by Gasteiger charge is 2.11. The zero-order valence-electron chi connectivity index (χ0n) is 12.7. The van der Waals surface area contributed by atoms with Gasteiger partial charge >= 0.3 is 0 Å². The molecule has 1 aromatic heterocycles. The first-order chi connectivity index (χ1) is 9.69. The van der Waals surface area contributed by atoms with Gasteiger partial charge in [0.2, 0.25) is 0 Å². The van der Waals surface area contributed by atoms with E-state index < -0.39 is 0 Å². The van der Waals surface area contributed by atoms with E-state index in [1.165, 1.54) is 21.7 Å². The molecule has 2 heteroatoms. The second-order valence-corrected chi connectivity index (χ2v) is 6.67. The molecule has 0 aliphatic carbocycles. The Balaban J connectivity index is 1.80. The first kappa shape index (κ1) is 15.3. The van der Waals surface area contributed by atoms with Crippen molar-refractivity contribution in [1.82, 2.24) is 5.32 Å². The molecule has 1 heterocycles. The predicted molar refractivity (Wildman–Crippen MR) is 89.5 cm³/mol. The summed E-state index contributed by atoms with van der Waals surface area (Å²) in [6.45, 7) is 6.77. The van der Waals surface area contributed by atoms with Crippen LogP contribution in [0.4, 0.5) is 0 Å². The van der Waals surface area contributed by atoms with Crippen molar-refractivity contribution in [2.24, 2.45) is 0 Å². The lowest BCUT2D eigenvalue weighted by atomic mass is 10.1. The highest BCUT2D eigenvalue weighted by atomic mass is 32.1. The van der Waals surface area contributed by atoms with Crippen LogP contribution in [0.1, 0.15) is 48.6 Å². The molecular formula is C18H25NS. The van der Waals surface area contributed by atoms with Gasteiger partial charge in [-0.25, -0.2) is 0 Å². The molecule has 0 saturated carbocycles. The van der Waals surface area contributed by atoms with Crippen molar-refractivity contribution in [1.29, 1.82) is 0 Å². The van der Waals surface area contributed by atoms with Crippen molar-refractivity contribution in [2.75, 3.05) is 0 Å². The molecule has 20 heavy (non-hydrogen) atoms. The summed E-state index contributed by atoms with van der Waals surface area (Å²) in [6.07, 6.45) is 3.47. The van der Waals surface area contributed by atoms with Gasteiger partial charge < -0.3 is 5.32 Å². The second-order valence-electron chi connectivity index (χ2n) is 5.47. The van der Waals surface area contributed by atoms with Gasteiger partial charge in [0.05, 0.1) is 0 Å². The van der Waals surface area contributed by atoms with Gasteiger partial charge in [-0.1, -0.05) is 37.3 Å². The molecule has 0 fully saturated rings. The SMILES string of the molecule is CCc1ccc(C(C)NC(C)CCc2ccccc2)s1. The quantitative estimate of drug-likeness (QED) is 0.757. The van der Waals surface area contributed by atoms with Gasteiger partial charge in [-0.3, -0.25) is 0 Å². The van der Waals surface area contributed by atoms with Crippen LogP contribution in [-0.4, -0.2) is 6.04 Å². The van der Waals surface area contributed by atoms with E-state index in [0.717, 1.165) is 12.8 Å². The molecule has 0 radical (unpaired) electrons. The minimum absolute atomic E-state index is 0.450. The third kappa shape index (κ3) is 4.46. The van der Waals surface area contributed by atoms with Crippen LogP contribution >= 0.6 is 11.3 Å². The molecule has 108 valence electrons. The maximum atomic E-state index is 3.71. The molecule has 0 saturated heterocycles. The Labute approximate surface area is 127 Å². The lowest BCUT2D eigenvalue weighted by Gasteiger charge is -2.19. The number of aryl methyl sites for hydroxylation is 2. The fourth-order valence-electron chi connectivity index (χ4n) is 2.44. The number of hydrogen-bond acceptors (Lipinski definition) is 2. The summed E-state index contributed by atoms with van der Waals surface area (Å²) in [5, 5.41) is 3.71. The van der Waals surface area contributed by atoms with Gasteiger partial charge in [0.1, 0.15) is 0 Å². The number of benzene rings is 1. The Morgan fingerprint density at radius 3 is 2.45 bits per heavy atom. The van der Waals surface area contributed by atoms with Crippen molar-refractivity contribution >= 4 is 11.3 Å². The van der Waals surface area contributed by atoms with E-state index in [1.807, 2.05) is 11.3 Å². The largest absolute Gasteiger partial charge is 0.307 e. The zero-order valence-corrected chi connectivity index (χ0v) is 13.5. The Kier molecular flexibility index (Phi) is 5.81. The standard InChI is InChI=1S/C18H25NS/c1-4-17-12-13-18(20-17)15(3)19-14(2)10-11-16-8-6-5-7-9-16/h5-9,12-15,19H,4,10-11H2,1-3H3. The van der Waals surface area contributed by atoms with Crippen LogP contribution in [0.15, 0.2) is 42.5 Å². The van der Waals surface area contributed by atoms with Crippen LogP contribution in [-0.2, 0) is 12.8 Å². The summed E-state index contributed by atoms with van der Waals surface area (Å²) in [5.41, 5.74) is 1.43. The molecule has 0 bridgehead atoms. The number of thiophene rings is 1. The first-order valence-corrected chi connectivity index (χ1v) is 8.39. The Hall–Kier alpha value is -1.12. The van der Waals surface area contributed by atoms with Gasteiger partial charge in [0.15, 0.2) is 0 Å². The van der Waals surface area contributed by atoms with Crippen molar-refractivity contribution in [3.05, 3.63) is 57.8 Å². The summed E-state index contributed by atoms with van der Waals surface area (Å²) < 4.78 is 0. The van der Waals surface area contributed by atoms with E-state index in [-0.39, 0.29) is 0 Å². The molecule has 1 aromatic carbocycles. The Morgan fingerprint density at radius 1 is 1.05 bits per heavy atom. The minimum Gasteiger partial charge on any atom is -0.307 e. The summed E-state index contributed by atoms with van der Waals surface area (Å²) >= 11 is 1.93. The summed E-state index contributed by atoms with van der Waals surface area (Å²) in [5.74, 6) is 0. The molecule has 0 aliphatic rings. The highest BCUT2D eigenvalue weighted by Crippen LogP contribution is 2.24. The number of nitrogens with one attached hydrogen (secondary N) is 1. The Bertz CT molecular complexity index is 503.